The minimum absolute atomic E-state index is 0.0740. The van der Waals surface area contributed by atoms with E-state index >= 15 is 0 Å². The van der Waals surface area contributed by atoms with Gasteiger partial charge >= 0.3 is 5.97 Å². The van der Waals surface area contributed by atoms with E-state index in [1.165, 1.54) is 11.1 Å². The number of carboxylic acid groups (broad SMARTS) is 1. The van der Waals surface area contributed by atoms with Gasteiger partial charge in [-0.15, -0.1) is 0 Å². The number of hydrogen-bond donors (Lipinski definition) is 2. The fraction of sp³-hybridized carbons (Fsp3) is 0.750. The Kier molecular flexibility index (Phi) is 5.40. The van der Waals surface area contributed by atoms with Crippen LogP contribution in [0.3, 0.4) is 0 Å². The van der Waals surface area contributed by atoms with Crippen molar-refractivity contribution in [2.24, 2.45) is 22.7 Å². The van der Waals surface area contributed by atoms with Crippen LogP contribution in [0.5, 0.6) is 0 Å². The molecule has 1 unspecified atom stereocenters. The van der Waals surface area contributed by atoms with Gasteiger partial charge < -0.3 is 10.2 Å². The van der Waals surface area contributed by atoms with E-state index in [-0.39, 0.29) is 17.9 Å². The van der Waals surface area contributed by atoms with Crippen molar-refractivity contribution in [1.29, 1.82) is 0 Å². The molecule has 130 valence electrons. The number of aliphatic hydroxyl groups is 1. The molecule has 0 aliphatic heterocycles. The molecule has 0 aromatic heterocycles. The van der Waals surface area contributed by atoms with Crippen LogP contribution in [-0.4, -0.2) is 22.8 Å². The molecule has 1 fully saturated rings. The lowest BCUT2D eigenvalue weighted by atomic mass is 9.51. The Balaban J connectivity index is 2.29. The zero-order chi connectivity index (χ0) is 17.3. The van der Waals surface area contributed by atoms with E-state index in [0.29, 0.717) is 5.92 Å². The molecule has 0 radical (unpaired) electrons. The highest BCUT2D eigenvalue weighted by Crippen LogP contribution is 2.58. The molecule has 4 atom stereocenters. The molecule has 0 aromatic carbocycles. The Morgan fingerprint density at radius 2 is 2.09 bits per heavy atom. The highest BCUT2D eigenvalue weighted by molar-refractivity contribution is 5.75. The van der Waals surface area contributed by atoms with Gasteiger partial charge in [-0.3, -0.25) is 4.79 Å². The highest BCUT2D eigenvalue weighted by atomic mass is 16.4. The zero-order valence-corrected chi connectivity index (χ0v) is 15.1. The number of hydrogen-bond acceptors (Lipinski definition) is 2. The molecule has 0 amide bonds. The molecule has 2 N–H and O–H groups in total. The van der Waals surface area contributed by atoms with Gasteiger partial charge in [0.05, 0.1) is 12.0 Å². The van der Waals surface area contributed by atoms with Gasteiger partial charge in [0.1, 0.15) is 0 Å². The van der Waals surface area contributed by atoms with E-state index < -0.39 is 11.4 Å². The topological polar surface area (TPSA) is 57.5 Å². The largest absolute Gasteiger partial charge is 0.481 e. The predicted molar refractivity (Wildman–Crippen MR) is 93.1 cm³/mol. The van der Waals surface area contributed by atoms with Gasteiger partial charge in [0.2, 0.25) is 0 Å². The second-order valence-corrected chi connectivity index (χ2v) is 8.10. The SMILES string of the molecule is C/C(=C\CO)CC[C@]1(C)C2=CCC[C@](C)(C(=O)O)[C@H]2CCC1C. The molecule has 2 aliphatic rings. The van der Waals surface area contributed by atoms with Crippen LogP contribution in [0.4, 0.5) is 0 Å². The predicted octanol–water partition coefficient (Wildman–Crippen LogP) is 4.57. The lowest BCUT2D eigenvalue weighted by Gasteiger charge is -2.52. The summed E-state index contributed by atoms with van der Waals surface area (Å²) in [4.78, 5) is 11.9. The molecule has 0 bridgehead atoms. The summed E-state index contributed by atoms with van der Waals surface area (Å²) in [5.74, 6) is 0.113. The van der Waals surface area contributed by atoms with Crippen molar-refractivity contribution in [2.45, 2.75) is 66.2 Å². The quantitative estimate of drug-likeness (QED) is 0.730. The Bertz CT molecular complexity index is 519. The minimum atomic E-state index is -0.638. The maximum absolute atomic E-state index is 11.9. The van der Waals surface area contributed by atoms with Crippen LogP contribution in [0.25, 0.3) is 0 Å². The first-order valence-corrected chi connectivity index (χ1v) is 8.96. The highest BCUT2D eigenvalue weighted by Gasteiger charge is 2.52. The summed E-state index contributed by atoms with van der Waals surface area (Å²) in [6.45, 7) is 8.76. The third-order valence-corrected chi connectivity index (χ3v) is 6.77. The van der Waals surface area contributed by atoms with Crippen LogP contribution < -0.4 is 0 Å². The first kappa shape index (κ1) is 18.3. The molecular weight excluding hydrogens is 288 g/mol. The third-order valence-electron chi connectivity index (χ3n) is 6.77. The third kappa shape index (κ3) is 3.26. The van der Waals surface area contributed by atoms with E-state index in [2.05, 4.69) is 26.8 Å². The molecular formula is C20H32O3. The first-order valence-electron chi connectivity index (χ1n) is 8.96. The monoisotopic (exact) mass is 320 g/mol. The van der Waals surface area contributed by atoms with Crippen molar-refractivity contribution in [3.8, 4) is 0 Å². The Morgan fingerprint density at radius 1 is 1.39 bits per heavy atom. The number of rotatable bonds is 5. The summed E-state index contributed by atoms with van der Waals surface area (Å²) < 4.78 is 0. The minimum Gasteiger partial charge on any atom is -0.481 e. The second-order valence-electron chi connectivity index (χ2n) is 8.10. The fourth-order valence-corrected chi connectivity index (χ4v) is 4.67. The summed E-state index contributed by atoms with van der Waals surface area (Å²) in [5, 5.41) is 18.9. The maximum Gasteiger partial charge on any atom is 0.309 e. The zero-order valence-electron chi connectivity index (χ0n) is 15.1. The smallest absolute Gasteiger partial charge is 0.309 e. The van der Waals surface area contributed by atoms with Crippen molar-refractivity contribution >= 4 is 5.97 Å². The molecule has 0 heterocycles. The fourth-order valence-electron chi connectivity index (χ4n) is 4.67. The van der Waals surface area contributed by atoms with Gasteiger partial charge in [-0.05, 0) is 69.6 Å². The Morgan fingerprint density at radius 3 is 2.70 bits per heavy atom. The summed E-state index contributed by atoms with van der Waals surface area (Å²) in [5.41, 5.74) is 2.08. The number of fused-ring (bicyclic) bond motifs is 1. The van der Waals surface area contributed by atoms with Crippen LogP contribution in [0.1, 0.15) is 66.2 Å². The number of aliphatic carboxylic acids is 1. The number of aliphatic hydroxyl groups excluding tert-OH is 1. The van der Waals surface area contributed by atoms with Gasteiger partial charge in [0.25, 0.3) is 0 Å². The van der Waals surface area contributed by atoms with E-state index in [1.807, 2.05) is 13.0 Å². The molecule has 0 aromatic rings. The average molecular weight is 320 g/mol. The van der Waals surface area contributed by atoms with Crippen LogP contribution in [0, 0.1) is 22.7 Å². The summed E-state index contributed by atoms with van der Waals surface area (Å²) in [6, 6.07) is 0. The van der Waals surface area contributed by atoms with Crippen molar-refractivity contribution in [3.63, 3.8) is 0 Å². The molecule has 2 rings (SSSR count). The first-order chi connectivity index (χ1) is 10.8. The van der Waals surface area contributed by atoms with Crippen molar-refractivity contribution in [1.82, 2.24) is 0 Å². The van der Waals surface area contributed by atoms with Crippen molar-refractivity contribution in [2.75, 3.05) is 6.61 Å². The van der Waals surface area contributed by atoms with Gasteiger partial charge in [-0.1, -0.05) is 37.1 Å². The van der Waals surface area contributed by atoms with Crippen molar-refractivity contribution in [3.05, 3.63) is 23.3 Å². The molecule has 0 saturated heterocycles. The Hall–Kier alpha value is -1.09. The van der Waals surface area contributed by atoms with Crippen LogP contribution >= 0.6 is 0 Å². The van der Waals surface area contributed by atoms with Gasteiger partial charge in [0, 0.05) is 0 Å². The van der Waals surface area contributed by atoms with E-state index in [1.54, 1.807) is 0 Å². The van der Waals surface area contributed by atoms with Gasteiger partial charge in [-0.25, -0.2) is 0 Å². The molecule has 0 spiro atoms. The molecule has 1 saturated carbocycles. The van der Waals surface area contributed by atoms with Crippen LogP contribution in [0.2, 0.25) is 0 Å². The van der Waals surface area contributed by atoms with E-state index in [4.69, 9.17) is 5.11 Å². The number of allylic oxidation sites excluding steroid dienone is 3. The summed E-state index contributed by atoms with van der Waals surface area (Å²) >= 11 is 0. The molecule has 3 heteroatoms. The van der Waals surface area contributed by atoms with Crippen LogP contribution in [-0.2, 0) is 4.79 Å². The molecule has 2 aliphatic carbocycles. The van der Waals surface area contributed by atoms with Crippen molar-refractivity contribution < 1.29 is 15.0 Å². The van der Waals surface area contributed by atoms with Gasteiger partial charge in [0.15, 0.2) is 0 Å². The maximum atomic E-state index is 11.9. The Labute approximate surface area is 140 Å². The number of carbonyl (C=O) groups is 1. The van der Waals surface area contributed by atoms with E-state index in [9.17, 15) is 9.90 Å². The summed E-state index contributed by atoms with van der Waals surface area (Å²) in [7, 11) is 0. The standard InChI is InChI=1S/C20H32O3/c1-14(10-13-21)9-12-19(3)15(2)7-8-17-16(19)6-5-11-20(17,4)18(22)23/h6,10,15,17,21H,5,7-9,11-13H2,1-4H3,(H,22,23)/b14-10+/t15?,17-,19-,20-/m0/s1. The second kappa shape index (κ2) is 6.80. The summed E-state index contributed by atoms with van der Waals surface area (Å²) in [6.07, 6.45) is 9.96. The molecule has 23 heavy (non-hydrogen) atoms. The lowest BCUT2D eigenvalue weighted by molar-refractivity contribution is -0.152. The average Bonchev–Trinajstić information content (AvgIpc) is 2.50. The lowest BCUT2D eigenvalue weighted by Crippen LogP contribution is -2.47. The molecule has 3 nitrogen and oxygen atoms in total. The number of carboxylic acids is 1. The van der Waals surface area contributed by atoms with Gasteiger partial charge in [-0.2, -0.15) is 0 Å². The normalized spacial score (nSPS) is 38.0. The van der Waals surface area contributed by atoms with Crippen LogP contribution in [0.15, 0.2) is 23.3 Å². The van der Waals surface area contributed by atoms with E-state index in [0.717, 1.165) is 38.5 Å².